The van der Waals surface area contributed by atoms with Gasteiger partial charge in [0, 0.05) is 23.8 Å². The Morgan fingerprint density at radius 3 is 2.85 bits per heavy atom. The number of thiocarbonyl (C=S) groups is 1. The molecule has 1 atom stereocenters. The van der Waals surface area contributed by atoms with Crippen molar-refractivity contribution in [2.75, 3.05) is 28.7 Å². The van der Waals surface area contributed by atoms with Crippen LogP contribution in [-0.4, -0.2) is 52.6 Å². The summed E-state index contributed by atoms with van der Waals surface area (Å²) < 4.78 is 24.3. The molecule has 0 amide bonds. The summed E-state index contributed by atoms with van der Waals surface area (Å²) in [6.07, 6.45) is 3.01. The molecule has 2 heterocycles. The van der Waals surface area contributed by atoms with E-state index in [9.17, 15) is 8.42 Å². The largest absolute Gasteiger partial charge is 0.388 e. The van der Waals surface area contributed by atoms with Crippen molar-refractivity contribution in [3.63, 3.8) is 0 Å². The van der Waals surface area contributed by atoms with Crippen LogP contribution < -0.4 is 10.6 Å². The summed E-state index contributed by atoms with van der Waals surface area (Å²) in [6.45, 7) is 2.30. The highest BCUT2D eigenvalue weighted by atomic mass is 32.2. The third-order valence-electron chi connectivity index (χ3n) is 3.09. The zero-order valence-electron chi connectivity index (χ0n) is 11.0. The molecule has 1 aromatic rings. The molecule has 0 radical (unpaired) electrons. The number of thioether (sulfide) groups is 1. The molecule has 110 valence electrons. The Balaban J connectivity index is 2.30. The Labute approximate surface area is 128 Å². The van der Waals surface area contributed by atoms with Gasteiger partial charge < -0.3 is 10.6 Å². The maximum Gasteiger partial charge on any atom is 0.171 e. The van der Waals surface area contributed by atoms with Crippen LogP contribution in [0.15, 0.2) is 12.4 Å². The number of anilines is 1. The van der Waals surface area contributed by atoms with Crippen molar-refractivity contribution in [3.8, 4) is 0 Å². The van der Waals surface area contributed by atoms with E-state index in [1.54, 1.807) is 23.6 Å². The summed E-state index contributed by atoms with van der Waals surface area (Å²) in [4.78, 5) is 10.3. The third-order valence-corrected chi connectivity index (χ3v) is 6.58. The maximum absolute atomic E-state index is 12.2. The Bertz CT molecular complexity index is 588. The van der Waals surface area contributed by atoms with E-state index in [1.165, 1.54) is 12.4 Å². The first-order chi connectivity index (χ1) is 9.45. The lowest BCUT2D eigenvalue weighted by Gasteiger charge is -2.35. The second-order valence-corrected chi connectivity index (χ2v) is 8.34. The first-order valence-corrected chi connectivity index (χ1v) is 9.41. The van der Waals surface area contributed by atoms with Crippen molar-refractivity contribution in [2.45, 2.75) is 12.3 Å². The second kappa shape index (κ2) is 6.23. The van der Waals surface area contributed by atoms with E-state index in [2.05, 4.69) is 9.97 Å². The van der Waals surface area contributed by atoms with Crippen molar-refractivity contribution in [1.29, 1.82) is 0 Å². The number of nitrogens with two attached hydrogens (primary N) is 1. The van der Waals surface area contributed by atoms with Gasteiger partial charge in [-0.15, -0.1) is 0 Å². The maximum atomic E-state index is 12.2. The topological polar surface area (TPSA) is 89.2 Å². The van der Waals surface area contributed by atoms with Gasteiger partial charge in [-0.25, -0.2) is 18.4 Å². The lowest BCUT2D eigenvalue weighted by molar-refractivity contribution is 0.578. The van der Waals surface area contributed by atoms with Gasteiger partial charge in [0.25, 0.3) is 0 Å². The Morgan fingerprint density at radius 1 is 1.55 bits per heavy atom. The summed E-state index contributed by atoms with van der Waals surface area (Å²) in [5.74, 6) is 2.09. The minimum atomic E-state index is -3.16. The molecule has 2 rings (SSSR count). The van der Waals surface area contributed by atoms with E-state index in [0.717, 1.165) is 5.75 Å². The molecule has 1 aliphatic rings. The zero-order valence-corrected chi connectivity index (χ0v) is 13.5. The lowest BCUT2D eigenvalue weighted by Crippen LogP contribution is -2.48. The van der Waals surface area contributed by atoms with Crippen molar-refractivity contribution >= 4 is 44.6 Å². The molecule has 1 aliphatic heterocycles. The minimum absolute atomic E-state index is 0.118. The average molecular weight is 332 g/mol. The summed E-state index contributed by atoms with van der Waals surface area (Å²) in [5, 5.41) is -0.545. The molecule has 2 N–H and O–H groups in total. The molecule has 20 heavy (non-hydrogen) atoms. The Morgan fingerprint density at radius 2 is 2.30 bits per heavy atom. The number of hydrogen-bond acceptors (Lipinski definition) is 7. The van der Waals surface area contributed by atoms with Crippen LogP contribution in [0.2, 0.25) is 0 Å². The lowest BCUT2D eigenvalue weighted by atomic mass is 10.4. The minimum Gasteiger partial charge on any atom is -0.388 e. The van der Waals surface area contributed by atoms with E-state index in [0.29, 0.717) is 23.8 Å². The van der Waals surface area contributed by atoms with Gasteiger partial charge in [0.2, 0.25) is 0 Å². The van der Waals surface area contributed by atoms with Gasteiger partial charge in [0.05, 0.1) is 12.4 Å². The summed E-state index contributed by atoms with van der Waals surface area (Å²) in [5.41, 5.74) is 5.91. The zero-order chi connectivity index (χ0) is 14.8. The standard InChI is InChI=1S/C11H16N4O2S3/c1-2-20(16,17)10-7-19-4-3-15(10)9-6-13-8(5-14-9)11(12)18/h5-6,10H,2-4,7H2,1H3,(H2,12,18). The highest BCUT2D eigenvalue weighted by Gasteiger charge is 2.33. The highest BCUT2D eigenvalue weighted by molar-refractivity contribution is 8.01. The van der Waals surface area contributed by atoms with E-state index in [-0.39, 0.29) is 10.7 Å². The van der Waals surface area contributed by atoms with Gasteiger partial charge in [0.1, 0.15) is 21.9 Å². The highest BCUT2D eigenvalue weighted by Crippen LogP contribution is 2.25. The van der Waals surface area contributed by atoms with Gasteiger partial charge in [0.15, 0.2) is 9.84 Å². The van der Waals surface area contributed by atoms with E-state index in [4.69, 9.17) is 18.0 Å². The molecule has 0 aromatic carbocycles. The van der Waals surface area contributed by atoms with Crippen molar-refractivity contribution < 1.29 is 8.42 Å². The van der Waals surface area contributed by atoms with Crippen LogP contribution in [0.1, 0.15) is 12.6 Å². The number of sulfone groups is 1. The summed E-state index contributed by atoms with van der Waals surface area (Å²) in [6, 6.07) is 0. The smallest absolute Gasteiger partial charge is 0.171 e. The van der Waals surface area contributed by atoms with Gasteiger partial charge in [-0.05, 0) is 0 Å². The van der Waals surface area contributed by atoms with E-state index >= 15 is 0 Å². The fourth-order valence-corrected chi connectivity index (χ4v) is 5.01. The van der Waals surface area contributed by atoms with Gasteiger partial charge in [-0.3, -0.25) is 0 Å². The Kier molecular flexibility index (Phi) is 4.82. The molecule has 0 spiro atoms. The fourth-order valence-electron chi connectivity index (χ4n) is 1.93. The molecule has 6 nitrogen and oxygen atoms in total. The quantitative estimate of drug-likeness (QED) is 0.794. The first-order valence-electron chi connectivity index (χ1n) is 6.13. The molecule has 0 saturated carbocycles. The number of rotatable bonds is 4. The van der Waals surface area contributed by atoms with Crippen LogP contribution in [0.25, 0.3) is 0 Å². The van der Waals surface area contributed by atoms with Crippen molar-refractivity contribution in [3.05, 3.63) is 18.1 Å². The molecular formula is C11H16N4O2S3. The van der Waals surface area contributed by atoms with Gasteiger partial charge >= 0.3 is 0 Å². The molecular weight excluding hydrogens is 316 g/mol. The van der Waals surface area contributed by atoms with Crippen LogP contribution in [0, 0.1) is 0 Å². The van der Waals surface area contributed by atoms with Gasteiger partial charge in [-0.2, -0.15) is 11.8 Å². The Hall–Kier alpha value is -0.930. The second-order valence-electron chi connectivity index (χ2n) is 4.30. The molecule has 9 heteroatoms. The fraction of sp³-hybridized carbons (Fsp3) is 0.545. The molecule has 1 aromatic heterocycles. The van der Waals surface area contributed by atoms with Crippen LogP contribution in [-0.2, 0) is 9.84 Å². The number of nitrogens with zero attached hydrogens (tertiary/aromatic N) is 3. The molecule has 1 unspecified atom stereocenters. The van der Waals surface area contributed by atoms with E-state index < -0.39 is 15.2 Å². The van der Waals surface area contributed by atoms with Crippen LogP contribution in [0.3, 0.4) is 0 Å². The summed E-state index contributed by atoms with van der Waals surface area (Å²) >= 11 is 6.47. The molecule has 0 bridgehead atoms. The summed E-state index contributed by atoms with van der Waals surface area (Å²) in [7, 11) is -3.16. The average Bonchev–Trinajstić information content (AvgIpc) is 2.47. The van der Waals surface area contributed by atoms with Gasteiger partial charge in [-0.1, -0.05) is 19.1 Å². The molecule has 1 fully saturated rings. The predicted octanol–water partition coefficient (Wildman–Crippen LogP) is 0.425. The van der Waals surface area contributed by atoms with Crippen LogP contribution in [0.5, 0.6) is 0 Å². The normalized spacial score (nSPS) is 19.9. The van der Waals surface area contributed by atoms with Crippen molar-refractivity contribution in [2.24, 2.45) is 5.73 Å². The van der Waals surface area contributed by atoms with Crippen LogP contribution in [0.4, 0.5) is 5.82 Å². The van der Waals surface area contributed by atoms with Crippen LogP contribution >= 0.6 is 24.0 Å². The third kappa shape index (κ3) is 3.21. The van der Waals surface area contributed by atoms with E-state index in [1.807, 2.05) is 0 Å². The number of aromatic nitrogens is 2. The van der Waals surface area contributed by atoms with Crippen molar-refractivity contribution in [1.82, 2.24) is 9.97 Å². The first kappa shape index (κ1) is 15.5. The SMILES string of the molecule is CCS(=O)(=O)C1CSCCN1c1cnc(C(N)=S)cn1. The monoisotopic (exact) mass is 332 g/mol. The molecule has 1 saturated heterocycles. The number of hydrogen-bond donors (Lipinski definition) is 1. The predicted molar refractivity (Wildman–Crippen MR) is 85.8 cm³/mol. The molecule has 0 aliphatic carbocycles.